The van der Waals surface area contributed by atoms with Gasteiger partial charge in [0.1, 0.15) is 0 Å². The van der Waals surface area contributed by atoms with Crippen molar-refractivity contribution in [3.05, 3.63) is 5.82 Å². The van der Waals surface area contributed by atoms with Crippen molar-refractivity contribution in [2.75, 3.05) is 6.54 Å². The van der Waals surface area contributed by atoms with Crippen LogP contribution in [0.4, 0.5) is 0 Å². The number of aromatic nitrogens is 4. The Bertz CT molecular complexity index is 279. The Labute approximate surface area is 76.1 Å². The van der Waals surface area contributed by atoms with Gasteiger partial charge in [-0.05, 0) is 0 Å². The molecule has 0 fully saturated rings. The summed E-state index contributed by atoms with van der Waals surface area (Å²) in [5.41, 5.74) is -0.293. The molecule has 0 atom stereocenters. The van der Waals surface area contributed by atoms with Gasteiger partial charge in [-0.3, -0.25) is 4.79 Å². The van der Waals surface area contributed by atoms with E-state index in [9.17, 15) is 4.79 Å². The van der Waals surface area contributed by atoms with Crippen LogP contribution in [0.2, 0.25) is 0 Å². The van der Waals surface area contributed by atoms with Crippen molar-refractivity contribution in [2.45, 2.75) is 26.2 Å². The fourth-order valence-electron chi connectivity index (χ4n) is 0.873. The van der Waals surface area contributed by atoms with E-state index in [0.29, 0.717) is 12.4 Å². The zero-order valence-corrected chi connectivity index (χ0v) is 7.96. The number of H-pyrrole nitrogens is 1. The van der Waals surface area contributed by atoms with E-state index in [0.717, 1.165) is 0 Å². The number of hydrogen-bond acceptors (Lipinski definition) is 4. The Morgan fingerprint density at radius 1 is 1.62 bits per heavy atom. The van der Waals surface area contributed by atoms with Gasteiger partial charge in [0, 0.05) is 18.9 Å². The average Bonchev–Trinajstić information content (AvgIpc) is 2.53. The summed E-state index contributed by atoms with van der Waals surface area (Å²) in [7, 11) is 0. The van der Waals surface area contributed by atoms with Gasteiger partial charge in [-0.15, -0.1) is 10.2 Å². The minimum Gasteiger partial charge on any atom is -0.355 e. The molecule has 0 aliphatic heterocycles. The van der Waals surface area contributed by atoms with Gasteiger partial charge in [0.25, 0.3) is 0 Å². The van der Waals surface area contributed by atoms with E-state index in [2.05, 4.69) is 25.9 Å². The van der Waals surface area contributed by atoms with E-state index < -0.39 is 0 Å². The highest BCUT2D eigenvalue weighted by Gasteiger charge is 2.25. The molecule has 0 saturated carbocycles. The van der Waals surface area contributed by atoms with Gasteiger partial charge in [0.2, 0.25) is 5.91 Å². The van der Waals surface area contributed by atoms with E-state index in [1.165, 1.54) is 6.92 Å². The molecule has 1 aromatic rings. The Morgan fingerprint density at radius 2 is 2.31 bits per heavy atom. The van der Waals surface area contributed by atoms with Crippen LogP contribution in [0, 0.1) is 0 Å². The van der Waals surface area contributed by atoms with Crippen LogP contribution >= 0.6 is 0 Å². The van der Waals surface area contributed by atoms with E-state index in [4.69, 9.17) is 0 Å². The number of aromatic amines is 1. The number of rotatable bonds is 3. The molecular formula is C7H13N5O. The molecule has 72 valence electrons. The lowest BCUT2D eigenvalue weighted by Gasteiger charge is -2.19. The lowest BCUT2D eigenvalue weighted by molar-refractivity contribution is -0.119. The number of carbonyl (C=O) groups excluding carboxylic acids is 1. The Morgan fingerprint density at radius 3 is 2.77 bits per heavy atom. The van der Waals surface area contributed by atoms with Crippen molar-refractivity contribution in [3.8, 4) is 0 Å². The SMILES string of the molecule is CC(=O)NCC(C)(C)c1nn[nH]n1. The average molecular weight is 183 g/mol. The second-order valence-electron chi connectivity index (χ2n) is 3.53. The number of nitrogens with zero attached hydrogens (tertiary/aromatic N) is 3. The van der Waals surface area contributed by atoms with Crippen LogP contribution in [0.25, 0.3) is 0 Å². The fraction of sp³-hybridized carbons (Fsp3) is 0.714. The molecule has 0 spiro atoms. The zero-order chi connectivity index (χ0) is 9.90. The van der Waals surface area contributed by atoms with Crippen molar-refractivity contribution in [1.29, 1.82) is 0 Å². The first-order valence-corrected chi connectivity index (χ1v) is 4.01. The summed E-state index contributed by atoms with van der Waals surface area (Å²) < 4.78 is 0. The van der Waals surface area contributed by atoms with Crippen LogP contribution in [0.3, 0.4) is 0 Å². The summed E-state index contributed by atoms with van der Waals surface area (Å²) in [6.45, 7) is 5.86. The number of carbonyl (C=O) groups is 1. The molecule has 0 saturated heterocycles. The lowest BCUT2D eigenvalue weighted by atomic mass is 9.93. The minimum absolute atomic E-state index is 0.0587. The van der Waals surface area contributed by atoms with Gasteiger partial charge in [-0.2, -0.15) is 5.21 Å². The molecule has 0 unspecified atom stereocenters. The summed E-state index contributed by atoms with van der Waals surface area (Å²) in [6.07, 6.45) is 0. The summed E-state index contributed by atoms with van der Waals surface area (Å²) in [4.78, 5) is 10.7. The van der Waals surface area contributed by atoms with Gasteiger partial charge in [-0.1, -0.05) is 19.1 Å². The third kappa shape index (κ3) is 2.50. The molecular weight excluding hydrogens is 170 g/mol. The third-order valence-corrected chi connectivity index (χ3v) is 1.73. The van der Waals surface area contributed by atoms with Crippen molar-refractivity contribution >= 4 is 5.91 Å². The predicted molar refractivity (Wildman–Crippen MR) is 45.9 cm³/mol. The van der Waals surface area contributed by atoms with Crippen LogP contribution in [0.1, 0.15) is 26.6 Å². The van der Waals surface area contributed by atoms with Crippen LogP contribution in [0.15, 0.2) is 0 Å². The molecule has 1 aromatic heterocycles. The fourth-order valence-corrected chi connectivity index (χ4v) is 0.873. The summed E-state index contributed by atoms with van der Waals surface area (Å²) in [5, 5.41) is 16.3. The third-order valence-electron chi connectivity index (χ3n) is 1.73. The smallest absolute Gasteiger partial charge is 0.216 e. The normalized spacial score (nSPS) is 11.3. The molecule has 2 N–H and O–H groups in total. The summed E-state index contributed by atoms with van der Waals surface area (Å²) >= 11 is 0. The largest absolute Gasteiger partial charge is 0.355 e. The first-order chi connectivity index (χ1) is 6.02. The number of nitrogens with one attached hydrogen (secondary N) is 2. The van der Waals surface area contributed by atoms with Crippen LogP contribution in [0.5, 0.6) is 0 Å². The van der Waals surface area contributed by atoms with Gasteiger partial charge >= 0.3 is 0 Å². The molecule has 1 heterocycles. The first-order valence-electron chi connectivity index (χ1n) is 4.01. The molecule has 0 aliphatic carbocycles. The summed E-state index contributed by atoms with van der Waals surface area (Å²) in [6, 6.07) is 0. The van der Waals surface area contributed by atoms with E-state index in [1.807, 2.05) is 13.8 Å². The van der Waals surface area contributed by atoms with Crippen LogP contribution < -0.4 is 5.32 Å². The molecule has 1 amide bonds. The van der Waals surface area contributed by atoms with Crippen molar-refractivity contribution in [3.63, 3.8) is 0 Å². The molecule has 1 rings (SSSR count). The van der Waals surface area contributed by atoms with E-state index in [-0.39, 0.29) is 11.3 Å². The number of tetrazole rings is 1. The maximum Gasteiger partial charge on any atom is 0.216 e. The highest BCUT2D eigenvalue weighted by Crippen LogP contribution is 2.16. The maximum absolute atomic E-state index is 10.7. The molecule has 6 heteroatoms. The minimum atomic E-state index is -0.293. The second kappa shape index (κ2) is 3.51. The van der Waals surface area contributed by atoms with Gasteiger partial charge in [-0.25, -0.2) is 0 Å². The molecule has 13 heavy (non-hydrogen) atoms. The Balaban J connectivity index is 2.61. The zero-order valence-electron chi connectivity index (χ0n) is 7.96. The van der Waals surface area contributed by atoms with Crippen molar-refractivity contribution < 1.29 is 4.79 Å². The molecule has 0 radical (unpaired) electrons. The second-order valence-corrected chi connectivity index (χ2v) is 3.53. The van der Waals surface area contributed by atoms with Gasteiger partial charge in [0.15, 0.2) is 5.82 Å². The van der Waals surface area contributed by atoms with Crippen molar-refractivity contribution in [2.24, 2.45) is 0 Å². The number of amides is 1. The standard InChI is InChI=1S/C7H13N5O/c1-5(13)8-4-7(2,3)6-9-11-12-10-6/h4H2,1-3H3,(H,8,13)(H,9,10,11,12). The molecule has 0 aliphatic rings. The monoisotopic (exact) mass is 183 g/mol. The maximum atomic E-state index is 10.7. The van der Waals surface area contributed by atoms with E-state index >= 15 is 0 Å². The van der Waals surface area contributed by atoms with Crippen LogP contribution in [-0.4, -0.2) is 33.1 Å². The number of hydrogen-bond donors (Lipinski definition) is 2. The molecule has 0 aromatic carbocycles. The quantitative estimate of drug-likeness (QED) is 0.668. The predicted octanol–water partition coefficient (Wildman–Crippen LogP) is -0.387. The molecule has 0 bridgehead atoms. The Kier molecular flexibility index (Phi) is 2.60. The van der Waals surface area contributed by atoms with Gasteiger partial charge < -0.3 is 5.32 Å². The topological polar surface area (TPSA) is 83.6 Å². The molecule has 6 nitrogen and oxygen atoms in total. The Hall–Kier alpha value is -1.46. The lowest BCUT2D eigenvalue weighted by Crippen LogP contribution is -2.36. The highest BCUT2D eigenvalue weighted by atomic mass is 16.1. The van der Waals surface area contributed by atoms with Crippen LogP contribution in [-0.2, 0) is 10.2 Å². The first kappa shape index (κ1) is 9.63. The highest BCUT2D eigenvalue weighted by molar-refractivity contribution is 5.72. The van der Waals surface area contributed by atoms with Gasteiger partial charge in [0.05, 0.1) is 0 Å². The van der Waals surface area contributed by atoms with E-state index in [1.54, 1.807) is 0 Å². The van der Waals surface area contributed by atoms with Crippen molar-refractivity contribution in [1.82, 2.24) is 25.9 Å². The summed E-state index contributed by atoms with van der Waals surface area (Å²) in [5.74, 6) is 0.540.